The number of rotatable bonds is 3. The van der Waals surface area contributed by atoms with Crippen molar-refractivity contribution in [1.29, 1.82) is 0 Å². The van der Waals surface area contributed by atoms with E-state index in [0.717, 1.165) is 22.4 Å². The van der Waals surface area contributed by atoms with E-state index in [9.17, 15) is 4.79 Å². The van der Waals surface area contributed by atoms with Crippen molar-refractivity contribution in [2.24, 2.45) is 0 Å². The molecule has 2 heterocycles. The fourth-order valence-corrected chi connectivity index (χ4v) is 3.22. The third-order valence-corrected chi connectivity index (χ3v) is 4.36. The van der Waals surface area contributed by atoms with Gasteiger partial charge in [0, 0.05) is 29.2 Å². The number of hydrogen-bond donors (Lipinski definition) is 2. The Bertz CT molecular complexity index is 1140. The van der Waals surface area contributed by atoms with Gasteiger partial charge in [0.2, 0.25) is 0 Å². The SMILES string of the molecule is Cc1cc(C)cc(C(=O)Nc2cccc(-c3cnc4c(N)nccn34)c2)c1. The highest BCUT2D eigenvalue weighted by Gasteiger charge is 2.11. The smallest absolute Gasteiger partial charge is 0.255 e. The van der Waals surface area contributed by atoms with Gasteiger partial charge in [0.1, 0.15) is 0 Å². The van der Waals surface area contributed by atoms with E-state index < -0.39 is 0 Å². The molecule has 0 aliphatic carbocycles. The van der Waals surface area contributed by atoms with Crippen LogP contribution in [0, 0.1) is 13.8 Å². The second-order valence-electron chi connectivity index (χ2n) is 6.56. The number of benzene rings is 2. The molecule has 1 amide bonds. The Morgan fingerprint density at radius 1 is 1.07 bits per heavy atom. The highest BCUT2D eigenvalue weighted by molar-refractivity contribution is 6.04. The lowest BCUT2D eigenvalue weighted by Crippen LogP contribution is -2.12. The molecule has 3 N–H and O–H groups in total. The van der Waals surface area contributed by atoms with Gasteiger partial charge in [0.15, 0.2) is 11.5 Å². The molecule has 6 nitrogen and oxygen atoms in total. The van der Waals surface area contributed by atoms with E-state index in [1.54, 1.807) is 12.4 Å². The average molecular weight is 357 g/mol. The topological polar surface area (TPSA) is 85.3 Å². The van der Waals surface area contributed by atoms with Gasteiger partial charge in [0.05, 0.1) is 11.9 Å². The molecule has 6 heteroatoms. The molecule has 27 heavy (non-hydrogen) atoms. The number of amides is 1. The maximum atomic E-state index is 12.6. The van der Waals surface area contributed by atoms with E-state index in [1.165, 1.54) is 0 Å². The number of aromatic nitrogens is 3. The van der Waals surface area contributed by atoms with Crippen LogP contribution in [0.3, 0.4) is 0 Å². The van der Waals surface area contributed by atoms with Gasteiger partial charge in [-0.3, -0.25) is 9.20 Å². The lowest BCUT2D eigenvalue weighted by atomic mass is 10.1. The number of nitrogens with one attached hydrogen (secondary N) is 1. The Morgan fingerprint density at radius 3 is 2.63 bits per heavy atom. The predicted octanol–water partition coefficient (Wildman–Crippen LogP) is 3.85. The standard InChI is InChI=1S/C21H19N5O/c1-13-8-14(2)10-16(9-13)21(27)25-17-5-3-4-15(11-17)18-12-24-20-19(22)23-6-7-26(18)20/h3-12H,1-2H3,(H2,22,23)(H,25,27). The second kappa shape index (κ2) is 6.57. The molecule has 0 radical (unpaired) electrons. The maximum Gasteiger partial charge on any atom is 0.255 e. The van der Waals surface area contributed by atoms with Gasteiger partial charge in [-0.25, -0.2) is 9.97 Å². The van der Waals surface area contributed by atoms with Crippen molar-refractivity contribution in [2.45, 2.75) is 13.8 Å². The lowest BCUT2D eigenvalue weighted by Gasteiger charge is -2.09. The number of aryl methyl sites for hydroxylation is 2. The third kappa shape index (κ3) is 3.25. The molecule has 0 unspecified atom stereocenters. The minimum Gasteiger partial charge on any atom is -0.381 e. The van der Waals surface area contributed by atoms with Gasteiger partial charge in [-0.15, -0.1) is 0 Å². The number of nitrogen functional groups attached to an aromatic ring is 1. The average Bonchev–Trinajstić information content (AvgIpc) is 3.06. The van der Waals surface area contributed by atoms with Gasteiger partial charge in [-0.2, -0.15) is 0 Å². The summed E-state index contributed by atoms with van der Waals surface area (Å²) in [6.45, 7) is 3.96. The third-order valence-electron chi connectivity index (χ3n) is 4.36. The molecule has 2 aromatic carbocycles. The minimum atomic E-state index is -0.134. The van der Waals surface area contributed by atoms with Crippen molar-refractivity contribution >= 4 is 23.1 Å². The molecule has 0 bridgehead atoms. The van der Waals surface area contributed by atoms with E-state index in [1.807, 2.05) is 66.9 Å². The van der Waals surface area contributed by atoms with Crippen molar-refractivity contribution in [3.63, 3.8) is 0 Å². The maximum absolute atomic E-state index is 12.6. The van der Waals surface area contributed by atoms with Crippen LogP contribution in [0.5, 0.6) is 0 Å². The van der Waals surface area contributed by atoms with Gasteiger partial charge in [0.25, 0.3) is 5.91 Å². The Labute approximate surface area is 156 Å². The van der Waals surface area contributed by atoms with E-state index in [2.05, 4.69) is 15.3 Å². The van der Waals surface area contributed by atoms with Crippen molar-refractivity contribution in [3.8, 4) is 11.3 Å². The summed E-state index contributed by atoms with van der Waals surface area (Å²) in [5, 5.41) is 2.97. The number of carbonyl (C=O) groups excluding carboxylic acids is 1. The van der Waals surface area contributed by atoms with E-state index in [4.69, 9.17) is 5.73 Å². The Balaban J connectivity index is 1.66. The zero-order chi connectivity index (χ0) is 19.0. The quantitative estimate of drug-likeness (QED) is 0.583. The first kappa shape index (κ1) is 16.8. The van der Waals surface area contributed by atoms with Crippen molar-refractivity contribution in [1.82, 2.24) is 14.4 Å². The molecule has 0 spiro atoms. The second-order valence-corrected chi connectivity index (χ2v) is 6.56. The molecule has 0 saturated heterocycles. The van der Waals surface area contributed by atoms with Crippen LogP contribution in [0.1, 0.15) is 21.5 Å². The normalized spacial score (nSPS) is 10.9. The summed E-state index contributed by atoms with van der Waals surface area (Å²) < 4.78 is 1.88. The lowest BCUT2D eigenvalue weighted by molar-refractivity contribution is 0.102. The summed E-state index contributed by atoms with van der Waals surface area (Å²) in [5.41, 5.74) is 11.8. The zero-order valence-electron chi connectivity index (χ0n) is 15.1. The van der Waals surface area contributed by atoms with Gasteiger partial charge in [-0.05, 0) is 38.1 Å². The number of hydrogen-bond acceptors (Lipinski definition) is 4. The summed E-state index contributed by atoms with van der Waals surface area (Å²) in [6.07, 6.45) is 5.20. The van der Waals surface area contributed by atoms with Gasteiger partial charge in [-0.1, -0.05) is 29.3 Å². The largest absolute Gasteiger partial charge is 0.381 e. The van der Waals surface area contributed by atoms with Gasteiger partial charge >= 0.3 is 0 Å². The van der Waals surface area contributed by atoms with Crippen LogP contribution in [0.15, 0.2) is 61.1 Å². The molecule has 0 atom stereocenters. The molecule has 0 aliphatic heterocycles. The first-order chi connectivity index (χ1) is 13.0. The van der Waals surface area contributed by atoms with Crippen LogP contribution in [-0.2, 0) is 0 Å². The predicted molar refractivity (Wildman–Crippen MR) is 107 cm³/mol. The van der Waals surface area contributed by atoms with Crippen molar-refractivity contribution in [3.05, 3.63) is 77.7 Å². The number of anilines is 2. The number of nitrogens with two attached hydrogens (primary N) is 1. The zero-order valence-corrected chi connectivity index (χ0v) is 15.1. The summed E-state index contributed by atoms with van der Waals surface area (Å²) in [6, 6.07) is 13.5. The summed E-state index contributed by atoms with van der Waals surface area (Å²) in [4.78, 5) is 21.0. The molecular formula is C21H19N5O. The number of carbonyl (C=O) groups is 1. The molecule has 2 aromatic heterocycles. The van der Waals surface area contributed by atoms with Crippen molar-refractivity contribution in [2.75, 3.05) is 11.1 Å². The Hall–Kier alpha value is -3.67. The number of nitrogens with zero attached hydrogens (tertiary/aromatic N) is 3. The van der Waals surface area contributed by atoms with E-state index >= 15 is 0 Å². The number of fused-ring (bicyclic) bond motifs is 1. The summed E-state index contributed by atoms with van der Waals surface area (Å²) >= 11 is 0. The van der Waals surface area contributed by atoms with E-state index in [0.29, 0.717) is 22.7 Å². The Kier molecular flexibility index (Phi) is 4.08. The molecular weight excluding hydrogens is 338 g/mol. The highest BCUT2D eigenvalue weighted by atomic mass is 16.1. The van der Waals surface area contributed by atoms with Crippen LogP contribution in [-0.4, -0.2) is 20.3 Å². The van der Waals surface area contributed by atoms with Crippen LogP contribution in [0.2, 0.25) is 0 Å². The molecule has 0 fully saturated rings. The molecule has 4 rings (SSSR count). The highest BCUT2D eigenvalue weighted by Crippen LogP contribution is 2.25. The van der Waals surface area contributed by atoms with Crippen molar-refractivity contribution < 1.29 is 4.79 Å². The molecule has 0 aliphatic rings. The Morgan fingerprint density at radius 2 is 1.85 bits per heavy atom. The first-order valence-corrected chi connectivity index (χ1v) is 8.59. The molecule has 0 saturated carbocycles. The van der Waals surface area contributed by atoms with Crippen LogP contribution in [0.25, 0.3) is 16.9 Å². The summed E-state index contributed by atoms with van der Waals surface area (Å²) in [7, 11) is 0. The van der Waals surface area contributed by atoms with Crippen LogP contribution >= 0.6 is 0 Å². The van der Waals surface area contributed by atoms with Gasteiger partial charge < -0.3 is 11.1 Å². The molecule has 4 aromatic rings. The van der Waals surface area contributed by atoms with Crippen LogP contribution < -0.4 is 11.1 Å². The fourth-order valence-electron chi connectivity index (χ4n) is 3.22. The minimum absolute atomic E-state index is 0.134. The first-order valence-electron chi connectivity index (χ1n) is 8.59. The molecule has 134 valence electrons. The monoisotopic (exact) mass is 357 g/mol. The van der Waals surface area contributed by atoms with Crippen LogP contribution in [0.4, 0.5) is 11.5 Å². The number of imidazole rings is 1. The fraction of sp³-hybridized carbons (Fsp3) is 0.0952. The summed E-state index contributed by atoms with van der Waals surface area (Å²) in [5.74, 6) is 0.244. The van der Waals surface area contributed by atoms with E-state index in [-0.39, 0.29) is 5.91 Å².